The van der Waals surface area contributed by atoms with Crippen molar-refractivity contribution in [1.29, 1.82) is 0 Å². The highest BCUT2D eigenvalue weighted by Crippen LogP contribution is 2.41. The zero-order chi connectivity index (χ0) is 20.8. The zero-order valence-corrected chi connectivity index (χ0v) is 16.5. The monoisotopic (exact) mass is 404 g/mol. The average molecular weight is 404 g/mol. The summed E-state index contributed by atoms with van der Waals surface area (Å²) in [6.45, 7) is 0. The van der Waals surface area contributed by atoms with Crippen molar-refractivity contribution in [2.75, 3.05) is 14.2 Å². The Bertz CT molecular complexity index is 1020. The lowest BCUT2D eigenvalue weighted by Crippen LogP contribution is -2.65. The van der Waals surface area contributed by atoms with Crippen LogP contribution in [0.3, 0.4) is 0 Å². The molecule has 0 saturated carbocycles. The van der Waals surface area contributed by atoms with Gasteiger partial charge in [0.05, 0.1) is 14.2 Å². The van der Waals surface area contributed by atoms with Crippen LogP contribution in [0.4, 0.5) is 0 Å². The standard InChI is InChI=1S/C22H20N4O4/c1-29-21(27)17-11-13-7-3-5-9-15(13)19-24-26-18(22(28)30-2)12-14-8-4-6-10-16(14)20(26)23-25(17)19/h3-12,19-20,23-24H,1-2H3. The molecule has 1 saturated heterocycles. The fourth-order valence-corrected chi connectivity index (χ4v) is 4.10. The molecule has 2 atom stereocenters. The highest BCUT2D eigenvalue weighted by atomic mass is 16.5. The van der Waals surface area contributed by atoms with Crippen molar-refractivity contribution in [2.24, 2.45) is 0 Å². The SMILES string of the molecule is COC(=O)C1=Cc2ccccc2C2NN3C(C(=O)OC)=Cc4ccccc4C3NN12. The Hall–Kier alpha value is -3.62. The summed E-state index contributed by atoms with van der Waals surface area (Å²) in [4.78, 5) is 25.1. The first-order valence-corrected chi connectivity index (χ1v) is 9.51. The van der Waals surface area contributed by atoms with Crippen LogP contribution < -0.4 is 10.9 Å². The summed E-state index contributed by atoms with van der Waals surface area (Å²) in [7, 11) is 2.72. The molecule has 2 N–H and O–H groups in total. The summed E-state index contributed by atoms with van der Waals surface area (Å²) in [5, 5.41) is 3.51. The number of benzene rings is 2. The summed E-state index contributed by atoms with van der Waals surface area (Å²) in [6.07, 6.45) is 2.73. The van der Waals surface area contributed by atoms with Crippen LogP contribution in [0.15, 0.2) is 59.9 Å². The van der Waals surface area contributed by atoms with E-state index in [1.807, 2.05) is 48.5 Å². The Morgan fingerprint density at radius 1 is 0.733 bits per heavy atom. The quantitative estimate of drug-likeness (QED) is 0.736. The van der Waals surface area contributed by atoms with E-state index in [-0.39, 0.29) is 0 Å². The molecule has 2 unspecified atom stereocenters. The van der Waals surface area contributed by atoms with Crippen molar-refractivity contribution < 1.29 is 19.1 Å². The van der Waals surface area contributed by atoms with E-state index in [4.69, 9.17) is 9.47 Å². The molecule has 2 aromatic rings. The second-order valence-corrected chi connectivity index (χ2v) is 7.10. The average Bonchev–Trinajstić information content (AvgIpc) is 2.80. The molecule has 8 heteroatoms. The molecule has 0 radical (unpaired) electrons. The summed E-state index contributed by atoms with van der Waals surface area (Å²) in [5.41, 5.74) is 11.3. The first-order valence-electron chi connectivity index (χ1n) is 9.51. The number of hydrogen-bond acceptors (Lipinski definition) is 8. The maximum atomic E-state index is 12.6. The molecule has 1 fully saturated rings. The number of fused-ring (bicyclic) bond motifs is 6. The van der Waals surface area contributed by atoms with Gasteiger partial charge in [0.1, 0.15) is 23.7 Å². The Balaban J connectivity index is 1.64. The molecule has 30 heavy (non-hydrogen) atoms. The second-order valence-electron chi connectivity index (χ2n) is 7.10. The van der Waals surface area contributed by atoms with E-state index >= 15 is 0 Å². The fourth-order valence-electron chi connectivity index (χ4n) is 4.10. The molecule has 2 aromatic carbocycles. The van der Waals surface area contributed by atoms with Crippen LogP contribution in [0.5, 0.6) is 0 Å². The number of methoxy groups -OCH3 is 2. The minimum absolute atomic E-state index is 0.375. The van der Waals surface area contributed by atoms with Crippen LogP contribution >= 0.6 is 0 Å². The first-order chi connectivity index (χ1) is 14.6. The van der Waals surface area contributed by atoms with Crippen LogP contribution in [-0.4, -0.2) is 36.2 Å². The van der Waals surface area contributed by atoms with Gasteiger partial charge in [0.2, 0.25) is 0 Å². The van der Waals surface area contributed by atoms with E-state index in [0.717, 1.165) is 22.3 Å². The van der Waals surface area contributed by atoms with Gasteiger partial charge in [-0.3, -0.25) is 10.0 Å². The molecule has 3 aliphatic rings. The third-order valence-electron chi connectivity index (χ3n) is 5.51. The second kappa shape index (κ2) is 7.01. The predicted molar refractivity (Wildman–Crippen MR) is 108 cm³/mol. The molecule has 8 nitrogen and oxygen atoms in total. The Kier molecular flexibility index (Phi) is 4.30. The van der Waals surface area contributed by atoms with Gasteiger partial charge < -0.3 is 9.47 Å². The normalized spacial score (nSPS) is 21.3. The van der Waals surface area contributed by atoms with E-state index in [0.29, 0.717) is 11.4 Å². The molecule has 0 aromatic heterocycles. The molecule has 152 valence electrons. The van der Waals surface area contributed by atoms with Crippen molar-refractivity contribution in [3.05, 3.63) is 82.2 Å². The van der Waals surface area contributed by atoms with Gasteiger partial charge in [0, 0.05) is 0 Å². The molecule has 0 amide bonds. The molecule has 0 spiro atoms. The van der Waals surface area contributed by atoms with E-state index in [2.05, 4.69) is 10.9 Å². The Labute approximate surface area is 173 Å². The van der Waals surface area contributed by atoms with E-state index < -0.39 is 24.3 Å². The topological polar surface area (TPSA) is 83.1 Å². The van der Waals surface area contributed by atoms with Gasteiger partial charge in [-0.25, -0.2) is 20.4 Å². The maximum absolute atomic E-state index is 12.6. The molecule has 3 heterocycles. The third-order valence-corrected chi connectivity index (χ3v) is 5.51. The molecular weight excluding hydrogens is 384 g/mol. The van der Waals surface area contributed by atoms with E-state index in [1.165, 1.54) is 14.2 Å². The summed E-state index contributed by atoms with van der Waals surface area (Å²) in [5.74, 6) is -0.907. The molecule has 0 aliphatic carbocycles. The van der Waals surface area contributed by atoms with Gasteiger partial charge in [-0.05, 0) is 34.4 Å². The highest BCUT2D eigenvalue weighted by Gasteiger charge is 2.44. The predicted octanol–water partition coefficient (Wildman–Crippen LogP) is 2.07. The van der Waals surface area contributed by atoms with Crippen molar-refractivity contribution in [3.8, 4) is 0 Å². The number of nitrogens with zero attached hydrogens (tertiary/aromatic N) is 2. The van der Waals surface area contributed by atoms with Crippen LogP contribution in [0.25, 0.3) is 12.2 Å². The number of hydrogen-bond donors (Lipinski definition) is 2. The number of carbonyl (C=O) groups excluding carboxylic acids is 2. The van der Waals surface area contributed by atoms with Gasteiger partial charge in [-0.15, -0.1) is 0 Å². The number of carbonyl (C=O) groups is 2. The minimum Gasteiger partial charge on any atom is -0.464 e. The molecule has 3 aliphatic heterocycles. The van der Waals surface area contributed by atoms with Gasteiger partial charge in [0.15, 0.2) is 0 Å². The Morgan fingerprint density at radius 3 is 1.53 bits per heavy atom. The first kappa shape index (κ1) is 18.4. The number of rotatable bonds is 2. The summed E-state index contributed by atoms with van der Waals surface area (Å²) < 4.78 is 10.0. The number of esters is 2. The van der Waals surface area contributed by atoms with Crippen LogP contribution in [-0.2, 0) is 19.1 Å². The van der Waals surface area contributed by atoms with E-state index in [1.54, 1.807) is 22.2 Å². The fraction of sp³-hybridized carbons (Fsp3) is 0.182. The highest BCUT2D eigenvalue weighted by molar-refractivity contribution is 5.95. The van der Waals surface area contributed by atoms with Crippen molar-refractivity contribution in [3.63, 3.8) is 0 Å². The van der Waals surface area contributed by atoms with Gasteiger partial charge in [-0.2, -0.15) is 0 Å². The summed E-state index contributed by atoms with van der Waals surface area (Å²) >= 11 is 0. The van der Waals surface area contributed by atoms with Crippen molar-refractivity contribution in [2.45, 2.75) is 12.3 Å². The smallest absolute Gasteiger partial charge is 0.355 e. The largest absolute Gasteiger partial charge is 0.464 e. The Morgan fingerprint density at radius 2 is 1.13 bits per heavy atom. The van der Waals surface area contributed by atoms with Gasteiger partial charge >= 0.3 is 11.9 Å². The number of hydrazine groups is 2. The lowest BCUT2D eigenvalue weighted by atomic mass is 9.96. The number of ether oxygens (including phenoxy) is 2. The molecule has 5 rings (SSSR count). The zero-order valence-electron chi connectivity index (χ0n) is 16.5. The number of nitrogens with one attached hydrogen (secondary N) is 2. The van der Waals surface area contributed by atoms with Crippen molar-refractivity contribution in [1.82, 2.24) is 20.9 Å². The summed E-state index contributed by atoms with van der Waals surface area (Å²) in [6, 6.07) is 15.5. The third kappa shape index (κ3) is 2.69. The molecular formula is C22H20N4O4. The van der Waals surface area contributed by atoms with Gasteiger partial charge in [-0.1, -0.05) is 48.5 Å². The van der Waals surface area contributed by atoms with Crippen molar-refractivity contribution >= 4 is 24.1 Å². The van der Waals surface area contributed by atoms with Crippen LogP contribution in [0.2, 0.25) is 0 Å². The van der Waals surface area contributed by atoms with Crippen LogP contribution in [0, 0.1) is 0 Å². The lowest BCUT2D eigenvalue weighted by molar-refractivity contribution is -0.147. The van der Waals surface area contributed by atoms with Crippen LogP contribution in [0.1, 0.15) is 34.6 Å². The van der Waals surface area contributed by atoms with E-state index in [9.17, 15) is 9.59 Å². The minimum atomic E-state index is -0.454. The molecule has 0 bridgehead atoms. The lowest BCUT2D eigenvalue weighted by Gasteiger charge is -2.52. The van der Waals surface area contributed by atoms with Gasteiger partial charge in [0.25, 0.3) is 0 Å². The maximum Gasteiger partial charge on any atom is 0.355 e.